The first-order chi connectivity index (χ1) is 11.8. The van der Waals surface area contributed by atoms with Gasteiger partial charge in [0, 0.05) is 24.7 Å². The van der Waals surface area contributed by atoms with Crippen LogP contribution >= 0.6 is 11.8 Å². The Morgan fingerprint density at radius 2 is 1.72 bits per heavy atom. The fourth-order valence-electron chi connectivity index (χ4n) is 2.71. The summed E-state index contributed by atoms with van der Waals surface area (Å²) in [5.41, 5.74) is 2.84. The number of carbonyl (C=O) groups excluding carboxylic acids is 1. The van der Waals surface area contributed by atoms with E-state index in [1.165, 1.54) is 10.5 Å². The Kier molecular flexibility index (Phi) is 5.06. The second-order valence-corrected chi connectivity index (χ2v) is 8.88. The van der Waals surface area contributed by atoms with Gasteiger partial charge in [-0.3, -0.25) is 9.52 Å². The predicted octanol–water partition coefficient (Wildman–Crippen LogP) is 3.75. The lowest BCUT2D eigenvalue weighted by Crippen LogP contribution is -2.16. The first-order valence-electron chi connectivity index (χ1n) is 7.99. The van der Waals surface area contributed by atoms with E-state index < -0.39 is 10.0 Å². The van der Waals surface area contributed by atoms with Crippen LogP contribution in [0.4, 0.5) is 10.5 Å². The van der Waals surface area contributed by atoms with E-state index in [0.29, 0.717) is 5.69 Å². The highest BCUT2D eigenvalue weighted by atomic mass is 32.2. The lowest BCUT2D eigenvalue weighted by molar-refractivity contribution is 0.241. The predicted molar refractivity (Wildman–Crippen MR) is 101 cm³/mol. The van der Waals surface area contributed by atoms with Gasteiger partial charge in [-0.25, -0.2) is 8.42 Å². The van der Waals surface area contributed by atoms with E-state index in [9.17, 15) is 13.2 Å². The van der Waals surface area contributed by atoms with Crippen molar-refractivity contribution >= 4 is 32.7 Å². The maximum Gasteiger partial charge on any atom is 0.285 e. The topological polar surface area (TPSA) is 66.5 Å². The molecular weight excluding hydrogens is 356 g/mol. The van der Waals surface area contributed by atoms with Crippen LogP contribution in [0.5, 0.6) is 0 Å². The molecule has 0 unspecified atom stereocenters. The van der Waals surface area contributed by atoms with E-state index in [1.54, 1.807) is 50.5 Å². The highest BCUT2D eigenvalue weighted by Crippen LogP contribution is 2.27. The van der Waals surface area contributed by atoms with Crippen molar-refractivity contribution < 1.29 is 13.2 Å². The molecular formula is C18H20N2O3S2. The number of carbonyl (C=O) groups is 1. The van der Waals surface area contributed by atoms with Gasteiger partial charge in [-0.15, -0.1) is 0 Å². The van der Waals surface area contributed by atoms with Crippen molar-refractivity contribution in [2.45, 2.75) is 29.1 Å². The molecule has 0 heterocycles. The van der Waals surface area contributed by atoms with Crippen molar-refractivity contribution in [3.63, 3.8) is 0 Å². The summed E-state index contributed by atoms with van der Waals surface area (Å²) in [6, 6.07) is 12.1. The number of rotatable bonds is 4. The number of hydrogen-bond donors (Lipinski definition) is 1. The summed E-state index contributed by atoms with van der Waals surface area (Å²) in [6.45, 7) is 0. The Bertz CT molecular complexity index is 891. The first kappa shape index (κ1) is 17.8. The number of aryl methyl sites for hydroxylation is 2. The van der Waals surface area contributed by atoms with E-state index in [4.69, 9.17) is 0 Å². The number of thioether (sulfide) groups is 1. The average molecular weight is 377 g/mol. The number of sulfonamides is 1. The molecule has 0 atom stereocenters. The van der Waals surface area contributed by atoms with Crippen LogP contribution in [0.2, 0.25) is 0 Å². The monoisotopic (exact) mass is 376 g/mol. The standard InChI is InChI=1S/C18H20N2O3S2/c1-20(2)18(21)24-16-9-7-15(8-10-16)19-25(22,23)17-11-6-13-4-3-5-14(13)12-17/h6-12,19H,3-5H2,1-2H3. The van der Waals surface area contributed by atoms with Crippen LogP contribution in [0, 0.1) is 0 Å². The van der Waals surface area contributed by atoms with Crippen LogP contribution < -0.4 is 4.72 Å². The summed E-state index contributed by atoms with van der Waals surface area (Å²) >= 11 is 1.10. The third-order valence-corrected chi connectivity index (χ3v) is 6.48. The number of fused-ring (bicyclic) bond motifs is 1. The highest BCUT2D eigenvalue weighted by Gasteiger charge is 2.18. The van der Waals surface area contributed by atoms with Gasteiger partial charge in [0.2, 0.25) is 0 Å². The molecule has 0 saturated heterocycles. The van der Waals surface area contributed by atoms with E-state index in [0.717, 1.165) is 41.5 Å². The number of anilines is 1. The molecule has 1 N–H and O–H groups in total. The van der Waals surface area contributed by atoms with E-state index >= 15 is 0 Å². The van der Waals surface area contributed by atoms with Crippen molar-refractivity contribution in [1.82, 2.24) is 4.90 Å². The lowest BCUT2D eigenvalue weighted by Gasteiger charge is -2.11. The molecule has 0 radical (unpaired) electrons. The molecule has 132 valence electrons. The lowest BCUT2D eigenvalue weighted by atomic mass is 10.1. The minimum absolute atomic E-state index is 0.0773. The van der Waals surface area contributed by atoms with Crippen molar-refractivity contribution in [1.29, 1.82) is 0 Å². The van der Waals surface area contributed by atoms with E-state index in [-0.39, 0.29) is 10.1 Å². The van der Waals surface area contributed by atoms with Crippen molar-refractivity contribution in [2.75, 3.05) is 18.8 Å². The van der Waals surface area contributed by atoms with Gasteiger partial charge in [0.15, 0.2) is 0 Å². The Balaban J connectivity index is 1.74. The third-order valence-electron chi connectivity index (χ3n) is 4.06. The third kappa shape index (κ3) is 4.16. The Morgan fingerprint density at radius 3 is 2.40 bits per heavy atom. The van der Waals surface area contributed by atoms with Crippen LogP contribution in [-0.4, -0.2) is 32.7 Å². The molecule has 2 aromatic rings. The van der Waals surface area contributed by atoms with Crippen molar-refractivity contribution in [3.05, 3.63) is 53.6 Å². The number of nitrogens with zero attached hydrogens (tertiary/aromatic N) is 1. The molecule has 3 rings (SSSR count). The fourth-order valence-corrected chi connectivity index (χ4v) is 4.48. The second kappa shape index (κ2) is 7.09. The minimum Gasteiger partial charge on any atom is -0.339 e. The maximum absolute atomic E-state index is 12.6. The number of nitrogens with one attached hydrogen (secondary N) is 1. The van der Waals surface area contributed by atoms with Crippen molar-refractivity contribution in [2.24, 2.45) is 0 Å². The molecule has 0 aliphatic heterocycles. The molecule has 0 bridgehead atoms. The Hall–Kier alpha value is -1.99. The summed E-state index contributed by atoms with van der Waals surface area (Å²) in [5.74, 6) is 0. The van der Waals surface area contributed by atoms with Crippen LogP contribution in [0.25, 0.3) is 0 Å². The SMILES string of the molecule is CN(C)C(=O)Sc1ccc(NS(=O)(=O)c2ccc3c(c2)CCC3)cc1. The summed E-state index contributed by atoms with van der Waals surface area (Å²) in [6.07, 6.45) is 3.04. The molecule has 0 fully saturated rings. The summed E-state index contributed by atoms with van der Waals surface area (Å²) < 4.78 is 27.7. The van der Waals surface area contributed by atoms with E-state index in [2.05, 4.69) is 4.72 Å². The average Bonchev–Trinajstić information content (AvgIpc) is 3.04. The van der Waals surface area contributed by atoms with Crippen LogP contribution in [0.1, 0.15) is 17.5 Å². The zero-order valence-electron chi connectivity index (χ0n) is 14.2. The molecule has 0 spiro atoms. The van der Waals surface area contributed by atoms with Gasteiger partial charge in [-0.05, 0) is 78.5 Å². The van der Waals surface area contributed by atoms with Gasteiger partial charge < -0.3 is 4.90 Å². The van der Waals surface area contributed by atoms with Crippen LogP contribution in [-0.2, 0) is 22.9 Å². The molecule has 5 nitrogen and oxygen atoms in total. The second-order valence-electron chi connectivity index (χ2n) is 6.18. The zero-order chi connectivity index (χ0) is 18.0. The fraction of sp³-hybridized carbons (Fsp3) is 0.278. The molecule has 0 saturated carbocycles. The smallest absolute Gasteiger partial charge is 0.285 e. The molecule has 2 aromatic carbocycles. The number of hydrogen-bond acceptors (Lipinski definition) is 4. The highest BCUT2D eigenvalue weighted by molar-refractivity contribution is 8.13. The Morgan fingerprint density at radius 1 is 1.04 bits per heavy atom. The minimum atomic E-state index is -3.62. The summed E-state index contributed by atoms with van der Waals surface area (Å²) in [5, 5.41) is -0.0773. The molecule has 0 aromatic heterocycles. The molecule has 25 heavy (non-hydrogen) atoms. The normalized spacial score (nSPS) is 13.4. The molecule has 1 aliphatic carbocycles. The quantitative estimate of drug-likeness (QED) is 0.826. The Labute approximate surface area is 152 Å². The first-order valence-corrected chi connectivity index (χ1v) is 10.3. The van der Waals surface area contributed by atoms with Gasteiger partial charge >= 0.3 is 0 Å². The molecule has 1 amide bonds. The van der Waals surface area contributed by atoms with E-state index in [1.807, 2.05) is 6.07 Å². The van der Waals surface area contributed by atoms with Gasteiger partial charge in [-0.1, -0.05) is 6.07 Å². The largest absolute Gasteiger partial charge is 0.339 e. The number of amides is 1. The van der Waals surface area contributed by atoms with Gasteiger partial charge in [0.05, 0.1) is 4.90 Å². The van der Waals surface area contributed by atoms with Crippen LogP contribution in [0.15, 0.2) is 52.3 Å². The van der Waals surface area contributed by atoms with Crippen LogP contribution in [0.3, 0.4) is 0 Å². The maximum atomic E-state index is 12.6. The molecule has 1 aliphatic rings. The van der Waals surface area contributed by atoms with Gasteiger partial charge in [0.1, 0.15) is 0 Å². The van der Waals surface area contributed by atoms with Gasteiger partial charge in [0.25, 0.3) is 15.3 Å². The molecule has 7 heteroatoms. The van der Waals surface area contributed by atoms with Gasteiger partial charge in [-0.2, -0.15) is 0 Å². The zero-order valence-corrected chi connectivity index (χ0v) is 15.8. The van der Waals surface area contributed by atoms with Crippen molar-refractivity contribution in [3.8, 4) is 0 Å². The summed E-state index contributed by atoms with van der Waals surface area (Å²) in [4.78, 5) is 14.2. The number of benzene rings is 2. The summed E-state index contributed by atoms with van der Waals surface area (Å²) in [7, 11) is -0.238.